The summed E-state index contributed by atoms with van der Waals surface area (Å²) < 4.78 is 0. The first-order valence-electron chi connectivity index (χ1n) is 5.65. The fraction of sp³-hybridized carbons (Fsp3) is 0.357. The van der Waals surface area contributed by atoms with Crippen LogP contribution in [0.4, 0.5) is 5.69 Å². The molecule has 0 fully saturated rings. The molecular formula is C14H19NO. The standard InChI is InChI=1S/C14H19NO/c1-4-8-12(2)11-14(16)15(3)13-9-6-5-7-10-13/h5-7,9-11H,4,8H2,1-3H3/b12-11+. The van der Waals surface area contributed by atoms with Crippen LogP contribution in [0, 0.1) is 0 Å². The second kappa shape index (κ2) is 6.11. The van der Waals surface area contributed by atoms with Gasteiger partial charge in [0.25, 0.3) is 5.91 Å². The van der Waals surface area contributed by atoms with Crippen LogP contribution in [-0.2, 0) is 4.79 Å². The van der Waals surface area contributed by atoms with E-state index in [0.29, 0.717) is 0 Å². The van der Waals surface area contributed by atoms with Crippen LogP contribution in [0.3, 0.4) is 0 Å². The number of rotatable bonds is 4. The molecule has 0 aromatic heterocycles. The number of amides is 1. The van der Waals surface area contributed by atoms with E-state index in [1.165, 1.54) is 0 Å². The smallest absolute Gasteiger partial charge is 0.250 e. The minimum atomic E-state index is 0.0390. The van der Waals surface area contributed by atoms with Gasteiger partial charge in [-0.2, -0.15) is 0 Å². The van der Waals surface area contributed by atoms with Gasteiger partial charge in [-0.25, -0.2) is 0 Å². The zero-order valence-corrected chi connectivity index (χ0v) is 10.2. The van der Waals surface area contributed by atoms with Crippen molar-refractivity contribution in [1.29, 1.82) is 0 Å². The number of carbonyl (C=O) groups excluding carboxylic acids is 1. The molecule has 0 bridgehead atoms. The van der Waals surface area contributed by atoms with Crippen LogP contribution in [0.15, 0.2) is 42.0 Å². The van der Waals surface area contributed by atoms with Crippen LogP contribution in [0.1, 0.15) is 26.7 Å². The minimum Gasteiger partial charge on any atom is -0.312 e. The van der Waals surface area contributed by atoms with Gasteiger partial charge in [0.05, 0.1) is 0 Å². The van der Waals surface area contributed by atoms with Crippen molar-refractivity contribution in [3.05, 3.63) is 42.0 Å². The van der Waals surface area contributed by atoms with E-state index < -0.39 is 0 Å². The fourth-order valence-corrected chi connectivity index (χ4v) is 1.55. The van der Waals surface area contributed by atoms with Gasteiger partial charge in [-0.05, 0) is 25.5 Å². The third kappa shape index (κ3) is 3.54. The van der Waals surface area contributed by atoms with E-state index in [1.54, 1.807) is 18.0 Å². The molecule has 1 rings (SSSR count). The van der Waals surface area contributed by atoms with E-state index in [0.717, 1.165) is 24.1 Å². The number of para-hydroxylation sites is 1. The van der Waals surface area contributed by atoms with Gasteiger partial charge in [0, 0.05) is 18.8 Å². The van der Waals surface area contributed by atoms with Crippen LogP contribution < -0.4 is 4.90 Å². The first kappa shape index (κ1) is 12.5. The third-order valence-corrected chi connectivity index (χ3v) is 2.49. The van der Waals surface area contributed by atoms with Crippen molar-refractivity contribution < 1.29 is 4.79 Å². The Morgan fingerprint density at radius 3 is 2.50 bits per heavy atom. The number of nitrogens with zero attached hydrogens (tertiary/aromatic N) is 1. The van der Waals surface area contributed by atoms with Crippen LogP contribution in [0.5, 0.6) is 0 Å². The molecule has 2 nitrogen and oxygen atoms in total. The van der Waals surface area contributed by atoms with E-state index in [4.69, 9.17) is 0 Å². The average Bonchev–Trinajstić information content (AvgIpc) is 2.29. The average molecular weight is 217 g/mol. The molecule has 86 valence electrons. The molecule has 0 saturated carbocycles. The maximum atomic E-state index is 11.9. The molecule has 0 aliphatic rings. The summed E-state index contributed by atoms with van der Waals surface area (Å²) in [6.45, 7) is 4.11. The number of carbonyl (C=O) groups is 1. The van der Waals surface area contributed by atoms with Crippen LogP contribution in [0.25, 0.3) is 0 Å². The highest BCUT2D eigenvalue weighted by Gasteiger charge is 2.07. The van der Waals surface area contributed by atoms with E-state index in [9.17, 15) is 4.79 Å². The molecule has 1 amide bonds. The maximum Gasteiger partial charge on any atom is 0.250 e. The third-order valence-electron chi connectivity index (χ3n) is 2.49. The van der Waals surface area contributed by atoms with Crippen molar-refractivity contribution in [2.24, 2.45) is 0 Å². The van der Waals surface area contributed by atoms with Crippen LogP contribution >= 0.6 is 0 Å². The number of hydrogen-bond acceptors (Lipinski definition) is 1. The molecule has 0 radical (unpaired) electrons. The molecule has 2 heteroatoms. The normalized spacial score (nSPS) is 11.3. The molecule has 0 N–H and O–H groups in total. The first-order valence-corrected chi connectivity index (χ1v) is 5.65. The topological polar surface area (TPSA) is 20.3 Å². The molecule has 0 atom stereocenters. The zero-order valence-electron chi connectivity index (χ0n) is 10.2. The number of anilines is 1. The van der Waals surface area contributed by atoms with Gasteiger partial charge in [0.2, 0.25) is 0 Å². The molecule has 0 aliphatic heterocycles. The number of benzene rings is 1. The summed E-state index contributed by atoms with van der Waals surface area (Å²) in [6.07, 6.45) is 3.77. The molecule has 1 aromatic rings. The fourth-order valence-electron chi connectivity index (χ4n) is 1.55. The highest BCUT2D eigenvalue weighted by atomic mass is 16.2. The number of hydrogen-bond donors (Lipinski definition) is 0. The molecule has 0 saturated heterocycles. The summed E-state index contributed by atoms with van der Waals surface area (Å²) in [5.74, 6) is 0.0390. The molecule has 1 aromatic carbocycles. The van der Waals surface area contributed by atoms with Gasteiger partial charge in [-0.1, -0.05) is 37.1 Å². The Bertz CT molecular complexity index is 368. The Morgan fingerprint density at radius 2 is 1.94 bits per heavy atom. The van der Waals surface area contributed by atoms with E-state index >= 15 is 0 Å². The number of likely N-dealkylation sites (N-methyl/N-ethyl adjacent to an activating group) is 1. The highest BCUT2D eigenvalue weighted by Crippen LogP contribution is 2.12. The molecule has 0 unspecified atom stereocenters. The first-order chi connectivity index (χ1) is 7.65. The summed E-state index contributed by atoms with van der Waals surface area (Å²) in [6, 6.07) is 9.67. The second-order valence-corrected chi connectivity index (χ2v) is 3.97. The Kier molecular flexibility index (Phi) is 4.77. The van der Waals surface area contributed by atoms with Crippen molar-refractivity contribution in [2.75, 3.05) is 11.9 Å². The summed E-state index contributed by atoms with van der Waals surface area (Å²) in [5.41, 5.74) is 2.06. The van der Waals surface area contributed by atoms with Crippen molar-refractivity contribution in [1.82, 2.24) is 0 Å². The van der Waals surface area contributed by atoms with Crippen LogP contribution in [0.2, 0.25) is 0 Å². The molecule has 0 heterocycles. The minimum absolute atomic E-state index is 0.0390. The zero-order chi connectivity index (χ0) is 12.0. The summed E-state index contributed by atoms with van der Waals surface area (Å²) in [5, 5.41) is 0. The Morgan fingerprint density at radius 1 is 1.31 bits per heavy atom. The lowest BCUT2D eigenvalue weighted by atomic mass is 10.1. The predicted octanol–water partition coefficient (Wildman–Crippen LogP) is 3.40. The van der Waals surface area contributed by atoms with E-state index in [1.807, 2.05) is 37.3 Å². The lowest BCUT2D eigenvalue weighted by Gasteiger charge is -2.15. The summed E-state index contributed by atoms with van der Waals surface area (Å²) >= 11 is 0. The predicted molar refractivity (Wildman–Crippen MR) is 68.5 cm³/mol. The van der Waals surface area contributed by atoms with Gasteiger partial charge in [0.15, 0.2) is 0 Å². The molecule has 0 aliphatic carbocycles. The second-order valence-electron chi connectivity index (χ2n) is 3.97. The SMILES string of the molecule is CCC/C(C)=C/C(=O)N(C)c1ccccc1. The molecular weight excluding hydrogens is 198 g/mol. The quantitative estimate of drug-likeness (QED) is 0.708. The van der Waals surface area contributed by atoms with E-state index in [2.05, 4.69) is 6.92 Å². The van der Waals surface area contributed by atoms with Crippen LogP contribution in [-0.4, -0.2) is 13.0 Å². The van der Waals surface area contributed by atoms with Gasteiger partial charge in [-0.3, -0.25) is 4.79 Å². The monoisotopic (exact) mass is 217 g/mol. The largest absolute Gasteiger partial charge is 0.312 e. The lowest BCUT2D eigenvalue weighted by Crippen LogP contribution is -2.24. The Labute approximate surface area is 97.6 Å². The Balaban J connectivity index is 2.72. The van der Waals surface area contributed by atoms with Gasteiger partial charge in [-0.15, -0.1) is 0 Å². The van der Waals surface area contributed by atoms with Gasteiger partial charge in [0.1, 0.15) is 0 Å². The maximum absolute atomic E-state index is 11.9. The summed E-state index contributed by atoms with van der Waals surface area (Å²) in [7, 11) is 1.80. The van der Waals surface area contributed by atoms with Crippen molar-refractivity contribution >= 4 is 11.6 Å². The molecule has 16 heavy (non-hydrogen) atoms. The van der Waals surface area contributed by atoms with Gasteiger partial charge >= 0.3 is 0 Å². The van der Waals surface area contributed by atoms with Crippen molar-refractivity contribution in [2.45, 2.75) is 26.7 Å². The highest BCUT2D eigenvalue weighted by molar-refractivity contribution is 6.01. The Hall–Kier alpha value is -1.57. The van der Waals surface area contributed by atoms with E-state index in [-0.39, 0.29) is 5.91 Å². The number of allylic oxidation sites excluding steroid dienone is 1. The van der Waals surface area contributed by atoms with Gasteiger partial charge < -0.3 is 4.90 Å². The lowest BCUT2D eigenvalue weighted by molar-refractivity contribution is -0.113. The van der Waals surface area contributed by atoms with Crippen molar-refractivity contribution in [3.8, 4) is 0 Å². The molecule has 0 spiro atoms. The summed E-state index contributed by atoms with van der Waals surface area (Å²) in [4.78, 5) is 13.5. The van der Waals surface area contributed by atoms with Crippen molar-refractivity contribution in [3.63, 3.8) is 0 Å².